The van der Waals surface area contributed by atoms with Crippen LogP contribution in [-0.4, -0.2) is 29.1 Å². The van der Waals surface area contributed by atoms with Crippen LogP contribution in [0.25, 0.3) is 0 Å². The minimum atomic E-state index is 0.633. The van der Waals surface area contributed by atoms with Gasteiger partial charge in [0.05, 0.1) is 6.67 Å². The maximum atomic E-state index is 2.35. The first-order valence-electron chi connectivity index (χ1n) is 4.42. The van der Waals surface area contributed by atoms with Gasteiger partial charge in [0.1, 0.15) is 0 Å². The number of rotatable bonds is 3. The van der Waals surface area contributed by atoms with Crippen molar-refractivity contribution < 1.29 is 0 Å². The smallest absolute Gasteiger partial charge is 0.0896 e. The van der Waals surface area contributed by atoms with E-state index in [9.17, 15) is 0 Å². The summed E-state index contributed by atoms with van der Waals surface area (Å²) in [4.78, 5) is 4.69. The molecule has 0 aliphatic carbocycles. The first-order chi connectivity index (χ1) is 5.24. The van der Waals surface area contributed by atoms with Crippen molar-refractivity contribution in [2.45, 2.75) is 33.2 Å². The zero-order valence-corrected chi connectivity index (χ0v) is 7.75. The molecule has 0 aromatic heterocycles. The summed E-state index contributed by atoms with van der Waals surface area (Å²) < 4.78 is 0. The molecule has 0 aromatic carbocycles. The molecule has 11 heavy (non-hydrogen) atoms. The fourth-order valence-corrected chi connectivity index (χ4v) is 1.25. The third-order valence-corrected chi connectivity index (χ3v) is 1.99. The lowest BCUT2D eigenvalue weighted by Gasteiger charge is -2.23. The topological polar surface area (TPSA) is 6.48 Å². The van der Waals surface area contributed by atoms with Gasteiger partial charge in [-0.2, -0.15) is 0 Å². The van der Waals surface area contributed by atoms with Crippen LogP contribution in [0.3, 0.4) is 0 Å². The molecule has 0 aromatic rings. The van der Waals surface area contributed by atoms with Gasteiger partial charge < -0.3 is 9.80 Å². The normalized spacial score (nSPS) is 17.1. The highest BCUT2D eigenvalue weighted by atomic mass is 15.3. The van der Waals surface area contributed by atoms with Crippen LogP contribution in [0.4, 0.5) is 0 Å². The van der Waals surface area contributed by atoms with Crippen molar-refractivity contribution >= 4 is 0 Å². The van der Waals surface area contributed by atoms with E-state index in [1.807, 2.05) is 0 Å². The third-order valence-electron chi connectivity index (χ3n) is 1.99. The number of nitrogens with zero attached hydrogens (tertiary/aromatic N) is 2. The van der Waals surface area contributed by atoms with Gasteiger partial charge in [0.25, 0.3) is 0 Å². The zero-order chi connectivity index (χ0) is 8.27. The highest BCUT2D eigenvalue weighted by Crippen LogP contribution is 2.09. The van der Waals surface area contributed by atoms with Crippen LogP contribution in [0, 0.1) is 0 Å². The molecule has 1 heterocycles. The summed E-state index contributed by atoms with van der Waals surface area (Å²) in [6.45, 7) is 8.91. The van der Waals surface area contributed by atoms with Gasteiger partial charge in [-0.1, -0.05) is 6.92 Å². The summed E-state index contributed by atoms with van der Waals surface area (Å²) in [6, 6.07) is 0.633. The van der Waals surface area contributed by atoms with Crippen LogP contribution in [0.2, 0.25) is 0 Å². The van der Waals surface area contributed by atoms with E-state index < -0.39 is 0 Å². The van der Waals surface area contributed by atoms with E-state index in [0.717, 1.165) is 6.67 Å². The van der Waals surface area contributed by atoms with Gasteiger partial charge in [-0.25, -0.2) is 0 Å². The van der Waals surface area contributed by atoms with E-state index in [4.69, 9.17) is 0 Å². The molecule has 2 heteroatoms. The summed E-state index contributed by atoms with van der Waals surface area (Å²) >= 11 is 0. The minimum absolute atomic E-state index is 0.633. The first kappa shape index (κ1) is 8.44. The van der Waals surface area contributed by atoms with Crippen molar-refractivity contribution in [3.05, 3.63) is 12.4 Å². The molecule has 1 rings (SSSR count). The Hall–Kier alpha value is -0.660. The average Bonchev–Trinajstić information content (AvgIpc) is 2.37. The molecule has 0 fully saturated rings. The maximum Gasteiger partial charge on any atom is 0.0896 e. The van der Waals surface area contributed by atoms with Crippen LogP contribution in [0.5, 0.6) is 0 Å². The molecule has 2 nitrogen and oxygen atoms in total. The molecular formula is C9H18N2. The Morgan fingerprint density at radius 3 is 2.55 bits per heavy atom. The van der Waals surface area contributed by atoms with E-state index in [1.165, 1.54) is 13.0 Å². The highest BCUT2D eigenvalue weighted by molar-refractivity contribution is 4.91. The van der Waals surface area contributed by atoms with Crippen LogP contribution in [0.15, 0.2) is 12.4 Å². The molecule has 0 spiro atoms. The van der Waals surface area contributed by atoms with Gasteiger partial charge >= 0.3 is 0 Å². The molecule has 0 saturated heterocycles. The summed E-state index contributed by atoms with van der Waals surface area (Å²) in [5, 5.41) is 0. The Kier molecular flexibility index (Phi) is 2.80. The Bertz CT molecular complexity index is 140. The second-order valence-electron chi connectivity index (χ2n) is 3.36. The number of hydrogen-bond acceptors (Lipinski definition) is 2. The van der Waals surface area contributed by atoms with Crippen LogP contribution >= 0.6 is 0 Å². The van der Waals surface area contributed by atoms with Gasteiger partial charge in [0.15, 0.2) is 0 Å². The van der Waals surface area contributed by atoms with Crippen molar-refractivity contribution in [3.63, 3.8) is 0 Å². The lowest BCUT2D eigenvalue weighted by atomic mass is 10.4. The van der Waals surface area contributed by atoms with E-state index in [-0.39, 0.29) is 0 Å². The zero-order valence-electron chi connectivity index (χ0n) is 7.75. The van der Waals surface area contributed by atoms with E-state index in [1.54, 1.807) is 0 Å². The van der Waals surface area contributed by atoms with Crippen LogP contribution in [0.1, 0.15) is 27.2 Å². The SMILES string of the molecule is CCCN1C=CN(C(C)C)C1. The molecule has 0 radical (unpaired) electrons. The van der Waals surface area contributed by atoms with Crippen molar-refractivity contribution in [1.82, 2.24) is 9.80 Å². The minimum Gasteiger partial charge on any atom is -0.359 e. The van der Waals surface area contributed by atoms with E-state index >= 15 is 0 Å². The molecule has 1 aliphatic rings. The van der Waals surface area contributed by atoms with Gasteiger partial charge in [0, 0.05) is 25.0 Å². The molecule has 0 unspecified atom stereocenters. The highest BCUT2D eigenvalue weighted by Gasteiger charge is 2.12. The molecular weight excluding hydrogens is 136 g/mol. The molecule has 0 saturated carbocycles. The van der Waals surface area contributed by atoms with Crippen LogP contribution in [-0.2, 0) is 0 Å². The van der Waals surface area contributed by atoms with E-state index in [0.29, 0.717) is 6.04 Å². The molecule has 64 valence electrons. The predicted molar refractivity (Wildman–Crippen MR) is 48.0 cm³/mol. The average molecular weight is 154 g/mol. The fraction of sp³-hybridized carbons (Fsp3) is 0.778. The van der Waals surface area contributed by atoms with Crippen molar-refractivity contribution in [2.24, 2.45) is 0 Å². The standard InChI is InChI=1S/C9H18N2/c1-4-5-10-6-7-11(8-10)9(2)3/h6-7,9H,4-5,8H2,1-3H3. The quantitative estimate of drug-likeness (QED) is 0.612. The molecule has 0 amide bonds. The Morgan fingerprint density at radius 2 is 2.09 bits per heavy atom. The van der Waals surface area contributed by atoms with Crippen molar-refractivity contribution in [2.75, 3.05) is 13.2 Å². The van der Waals surface area contributed by atoms with Crippen LogP contribution < -0.4 is 0 Å². The van der Waals surface area contributed by atoms with Gasteiger partial charge in [-0.3, -0.25) is 0 Å². The fourth-order valence-electron chi connectivity index (χ4n) is 1.25. The molecule has 0 bridgehead atoms. The molecule has 0 atom stereocenters. The monoisotopic (exact) mass is 154 g/mol. The predicted octanol–water partition coefficient (Wildman–Crippen LogP) is 1.85. The summed E-state index contributed by atoms with van der Waals surface area (Å²) in [7, 11) is 0. The third kappa shape index (κ3) is 2.14. The van der Waals surface area contributed by atoms with Gasteiger partial charge in [-0.15, -0.1) is 0 Å². The van der Waals surface area contributed by atoms with Crippen molar-refractivity contribution in [1.29, 1.82) is 0 Å². The largest absolute Gasteiger partial charge is 0.359 e. The Labute approximate surface area is 69.5 Å². The summed E-state index contributed by atoms with van der Waals surface area (Å²) in [5.74, 6) is 0. The molecule has 0 N–H and O–H groups in total. The van der Waals surface area contributed by atoms with Gasteiger partial charge in [-0.05, 0) is 20.3 Å². The maximum absolute atomic E-state index is 2.35. The summed E-state index contributed by atoms with van der Waals surface area (Å²) in [5.41, 5.74) is 0. The summed E-state index contributed by atoms with van der Waals surface area (Å²) in [6.07, 6.45) is 5.60. The Balaban J connectivity index is 2.31. The second-order valence-corrected chi connectivity index (χ2v) is 3.36. The first-order valence-corrected chi connectivity index (χ1v) is 4.42. The van der Waals surface area contributed by atoms with Gasteiger partial charge in [0.2, 0.25) is 0 Å². The lowest BCUT2D eigenvalue weighted by molar-refractivity contribution is 0.231. The second kappa shape index (κ2) is 3.65. The lowest BCUT2D eigenvalue weighted by Crippen LogP contribution is -2.30. The molecule has 1 aliphatic heterocycles. The van der Waals surface area contributed by atoms with Crippen molar-refractivity contribution in [3.8, 4) is 0 Å². The Morgan fingerprint density at radius 1 is 1.36 bits per heavy atom. The van der Waals surface area contributed by atoms with E-state index in [2.05, 4.69) is 43.0 Å². The number of hydrogen-bond donors (Lipinski definition) is 0.